The van der Waals surface area contributed by atoms with Crippen molar-refractivity contribution in [1.29, 1.82) is 0 Å². The molecule has 0 spiro atoms. The van der Waals surface area contributed by atoms with E-state index < -0.39 is 22.6 Å². The van der Waals surface area contributed by atoms with Gasteiger partial charge in [-0.3, -0.25) is 19.3 Å². The molecule has 0 radical (unpaired) electrons. The molecule has 0 aromatic heterocycles. The number of piperazine rings is 1. The van der Waals surface area contributed by atoms with E-state index in [0.717, 1.165) is 16.2 Å². The van der Waals surface area contributed by atoms with E-state index in [9.17, 15) is 18.8 Å². The second-order valence-electron chi connectivity index (χ2n) is 10.7. The van der Waals surface area contributed by atoms with Crippen LogP contribution < -0.4 is 11.1 Å². The van der Waals surface area contributed by atoms with Crippen molar-refractivity contribution in [1.82, 2.24) is 15.1 Å². The molecule has 1 fully saturated rings. The largest absolute Gasteiger partial charge is 0.372 e. The van der Waals surface area contributed by atoms with E-state index in [4.69, 9.17) is 10.5 Å². The van der Waals surface area contributed by atoms with E-state index >= 15 is 0 Å². The SMILES string of the molecule is CSC1=CC(=O)[C@]2(Cc3ccc(F)cc3)CN([C@](C=O)(COCc3ccccc3)NC(=O)C(C)(C)N)CCN12.Cl. The maximum Gasteiger partial charge on any atom is 0.241 e. The number of thioether (sulfide) groups is 1. The van der Waals surface area contributed by atoms with Crippen LogP contribution in [0.3, 0.4) is 0 Å². The minimum Gasteiger partial charge on any atom is -0.372 e. The fraction of sp³-hybridized carbons (Fsp3) is 0.414. The second kappa shape index (κ2) is 12.8. The Hall–Kier alpha value is -2.76. The summed E-state index contributed by atoms with van der Waals surface area (Å²) in [6, 6.07) is 15.6. The van der Waals surface area contributed by atoms with Crippen molar-refractivity contribution in [2.45, 2.75) is 43.6 Å². The minimum atomic E-state index is -1.56. The third-order valence-electron chi connectivity index (χ3n) is 7.27. The van der Waals surface area contributed by atoms with Gasteiger partial charge in [-0.1, -0.05) is 42.5 Å². The van der Waals surface area contributed by atoms with Crippen LogP contribution in [0, 0.1) is 5.82 Å². The van der Waals surface area contributed by atoms with Crippen molar-refractivity contribution in [3.8, 4) is 0 Å². The first-order chi connectivity index (χ1) is 18.5. The topological polar surface area (TPSA) is 105 Å². The molecule has 8 nitrogen and oxygen atoms in total. The highest BCUT2D eigenvalue weighted by Crippen LogP contribution is 2.41. The van der Waals surface area contributed by atoms with E-state index in [1.165, 1.54) is 23.9 Å². The summed E-state index contributed by atoms with van der Waals surface area (Å²) in [5, 5.41) is 3.69. The maximum atomic E-state index is 13.7. The highest BCUT2D eigenvalue weighted by molar-refractivity contribution is 8.02. The number of hydrogen-bond acceptors (Lipinski definition) is 8. The van der Waals surface area contributed by atoms with Gasteiger partial charge in [0.1, 0.15) is 11.4 Å². The number of benzene rings is 2. The summed E-state index contributed by atoms with van der Waals surface area (Å²) >= 11 is 1.48. The molecule has 0 aliphatic carbocycles. The van der Waals surface area contributed by atoms with Crippen LogP contribution in [-0.4, -0.2) is 77.0 Å². The van der Waals surface area contributed by atoms with Crippen molar-refractivity contribution in [2.75, 3.05) is 32.5 Å². The molecule has 0 unspecified atom stereocenters. The lowest BCUT2D eigenvalue weighted by Crippen LogP contribution is -2.74. The Morgan fingerprint density at radius 2 is 1.82 bits per heavy atom. The normalized spacial score (nSPS) is 20.7. The van der Waals surface area contributed by atoms with Crippen LogP contribution in [0.5, 0.6) is 0 Å². The average Bonchev–Trinajstić information content (AvgIpc) is 3.19. The summed E-state index contributed by atoms with van der Waals surface area (Å²) in [7, 11) is 0. The van der Waals surface area contributed by atoms with E-state index in [0.29, 0.717) is 25.8 Å². The van der Waals surface area contributed by atoms with Crippen LogP contribution in [0.2, 0.25) is 0 Å². The first-order valence-electron chi connectivity index (χ1n) is 12.8. The maximum absolute atomic E-state index is 13.7. The number of nitrogens with two attached hydrogens (primary N) is 1. The Morgan fingerprint density at radius 1 is 1.15 bits per heavy atom. The first-order valence-corrected chi connectivity index (χ1v) is 14.0. The molecule has 2 aromatic rings. The molecule has 0 bridgehead atoms. The monoisotopic (exact) mass is 590 g/mol. The fourth-order valence-corrected chi connectivity index (χ4v) is 5.77. The van der Waals surface area contributed by atoms with Crippen LogP contribution in [-0.2, 0) is 32.1 Å². The van der Waals surface area contributed by atoms with Crippen LogP contribution >= 0.6 is 24.2 Å². The van der Waals surface area contributed by atoms with Crippen LogP contribution in [0.4, 0.5) is 4.39 Å². The summed E-state index contributed by atoms with van der Waals surface area (Å²) < 4.78 is 19.6. The Kier molecular flexibility index (Phi) is 10.2. The zero-order valence-corrected chi connectivity index (χ0v) is 24.5. The number of rotatable bonds is 11. The third kappa shape index (κ3) is 6.58. The molecule has 2 atom stereocenters. The van der Waals surface area contributed by atoms with Crippen molar-refractivity contribution >= 4 is 42.1 Å². The number of fused-ring (bicyclic) bond motifs is 1. The number of ketones is 1. The Balaban J connectivity index is 0.00000441. The van der Waals surface area contributed by atoms with Crippen LogP contribution in [0.25, 0.3) is 0 Å². The summed E-state index contributed by atoms with van der Waals surface area (Å²) in [4.78, 5) is 43.5. The molecular weight excluding hydrogens is 555 g/mol. The number of nitrogens with zero attached hydrogens (tertiary/aromatic N) is 2. The Labute approximate surface area is 244 Å². The van der Waals surface area contributed by atoms with E-state index in [1.54, 1.807) is 32.1 Å². The molecule has 2 aliphatic rings. The molecule has 40 heavy (non-hydrogen) atoms. The van der Waals surface area contributed by atoms with Gasteiger partial charge in [0.05, 0.1) is 23.8 Å². The number of nitrogens with one attached hydrogen (secondary N) is 1. The molecule has 4 rings (SSSR count). The Morgan fingerprint density at radius 3 is 2.42 bits per heavy atom. The van der Waals surface area contributed by atoms with Gasteiger partial charge in [0.15, 0.2) is 17.7 Å². The molecule has 0 saturated carbocycles. The molecule has 11 heteroatoms. The van der Waals surface area contributed by atoms with Gasteiger partial charge in [0, 0.05) is 32.1 Å². The predicted molar refractivity (Wildman–Crippen MR) is 156 cm³/mol. The molecule has 1 saturated heterocycles. The van der Waals surface area contributed by atoms with Gasteiger partial charge in [-0.05, 0) is 43.4 Å². The van der Waals surface area contributed by atoms with Gasteiger partial charge in [0.2, 0.25) is 5.91 Å². The molecule has 2 aliphatic heterocycles. The number of hydrogen-bond donors (Lipinski definition) is 2. The number of halogens is 2. The van der Waals surface area contributed by atoms with Crippen molar-refractivity contribution < 1.29 is 23.5 Å². The van der Waals surface area contributed by atoms with Crippen molar-refractivity contribution in [3.63, 3.8) is 0 Å². The molecule has 3 N–H and O–H groups in total. The number of amides is 1. The molecular formula is C29H36ClFN4O4S. The molecule has 2 aromatic carbocycles. The lowest BCUT2D eigenvalue weighted by Gasteiger charge is -2.52. The highest BCUT2D eigenvalue weighted by atomic mass is 35.5. The number of carbonyl (C=O) groups is 3. The smallest absolute Gasteiger partial charge is 0.241 e. The fourth-order valence-electron chi connectivity index (χ4n) is 5.06. The highest BCUT2D eigenvalue weighted by Gasteiger charge is 2.55. The number of ether oxygens (including phenoxy) is 1. The van der Waals surface area contributed by atoms with Gasteiger partial charge >= 0.3 is 0 Å². The molecule has 1 amide bonds. The van der Waals surface area contributed by atoms with Gasteiger partial charge < -0.3 is 20.7 Å². The standard InChI is InChI=1S/C29H35FN4O4S.ClH/c1-27(2,31)26(37)32-29(19-35,20-38-17-22-7-5-4-6-8-22)33-13-14-34-25(39-3)15-24(36)28(34,18-33)16-21-9-11-23(30)12-10-21;/h4-12,15,19H,13-14,16-18,20,31H2,1-3H3,(H,32,37);1H/t28-,29+;/m0./s1. The quantitative estimate of drug-likeness (QED) is 0.385. The molecule has 2 heterocycles. The van der Waals surface area contributed by atoms with Gasteiger partial charge in [0.25, 0.3) is 0 Å². The second-order valence-corrected chi connectivity index (χ2v) is 11.5. The van der Waals surface area contributed by atoms with Crippen LogP contribution in [0.15, 0.2) is 65.7 Å². The van der Waals surface area contributed by atoms with E-state index in [1.807, 2.05) is 41.5 Å². The third-order valence-corrected chi connectivity index (χ3v) is 8.03. The van der Waals surface area contributed by atoms with Crippen molar-refractivity contribution in [3.05, 3.63) is 82.6 Å². The van der Waals surface area contributed by atoms with Crippen LogP contribution in [0.1, 0.15) is 25.0 Å². The zero-order valence-electron chi connectivity index (χ0n) is 22.9. The van der Waals surface area contributed by atoms with E-state index in [2.05, 4.69) is 10.2 Å². The average molecular weight is 591 g/mol. The molecule has 216 valence electrons. The van der Waals surface area contributed by atoms with Crippen molar-refractivity contribution in [2.24, 2.45) is 5.73 Å². The summed E-state index contributed by atoms with van der Waals surface area (Å²) in [6.07, 6.45) is 4.52. The van der Waals surface area contributed by atoms with Gasteiger partial charge in [-0.2, -0.15) is 0 Å². The summed E-state index contributed by atoms with van der Waals surface area (Å²) in [5.41, 5.74) is 3.94. The number of carbonyl (C=O) groups excluding carboxylic acids is 3. The van der Waals surface area contributed by atoms with Gasteiger partial charge in [-0.25, -0.2) is 4.39 Å². The zero-order chi connectivity index (χ0) is 28.3. The Bertz CT molecular complexity index is 1240. The summed E-state index contributed by atoms with van der Waals surface area (Å²) in [5.74, 6) is -0.980. The lowest BCUT2D eigenvalue weighted by molar-refractivity contribution is -0.148. The summed E-state index contributed by atoms with van der Waals surface area (Å²) in [6.45, 7) is 4.18. The minimum absolute atomic E-state index is 0. The van der Waals surface area contributed by atoms with Gasteiger partial charge in [-0.15, -0.1) is 24.2 Å². The first kappa shape index (κ1) is 31.8. The number of aldehydes is 1. The van der Waals surface area contributed by atoms with E-state index in [-0.39, 0.29) is 43.8 Å². The lowest BCUT2D eigenvalue weighted by atomic mass is 9.83. The predicted octanol–water partition coefficient (Wildman–Crippen LogP) is 2.90.